The van der Waals surface area contributed by atoms with Crippen molar-refractivity contribution in [2.75, 3.05) is 18.4 Å². The second-order valence-corrected chi connectivity index (χ2v) is 9.10. The molecule has 138 valence electrons. The lowest BCUT2D eigenvalue weighted by Crippen LogP contribution is -2.36. The van der Waals surface area contributed by atoms with Gasteiger partial charge in [-0.15, -0.1) is 0 Å². The topological polar surface area (TPSA) is 41.6 Å². The molecule has 1 aromatic rings. The van der Waals surface area contributed by atoms with Gasteiger partial charge in [0.2, 0.25) is 0 Å². The summed E-state index contributed by atoms with van der Waals surface area (Å²) in [6, 6.07) is 3.26. The summed E-state index contributed by atoms with van der Waals surface area (Å²) < 4.78 is 33.4. The Morgan fingerprint density at radius 3 is 2.36 bits per heavy atom. The molecule has 25 heavy (non-hydrogen) atoms. The number of hydrogen-bond donors (Lipinski definition) is 1. The zero-order valence-corrected chi connectivity index (χ0v) is 16.8. The van der Waals surface area contributed by atoms with Gasteiger partial charge >= 0.3 is 6.09 Å². The number of amides is 1. The first kappa shape index (κ1) is 18.7. The average molecular weight is 464 g/mol. The molecule has 2 aliphatic rings. The van der Waals surface area contributed by atoms with Crippen LogP contribution < -0.4 is 5.32 Å². The van der Waals surface area contributed by atoms with Crippen LogP contribution in [0.4, 0.5) is 19.3 Å². The summed E-state index contributed by atoms with van der Waals surface area (Å²) in [5.41, 5.74) is -0.280. The Bertz CT molecular complexity index is 664. The Morgan fingerprint density at radius 1 is 1.20 bits per heavy atom. The largest absolute Gasteiger partial charge is 0.444 e. The van der Waals surface area contributed by atoms with E-state index in [4.69, 9.17) is 4.74 Å². The first-order chi connectivity index (χ1) is 11.6. The maximum absolute atomic E-state index is 14.0. The van der Waals surface area contributed by atoms with Gasteiger partial charge in [0.05, 0.1) is 9.26 Å². The quantitative estimate of drug-likeness (QED) is 0.513. The van der Waals surface area contributed by atoms with Gasteiger partial charge in [0.15, 0.2) is 11.6 Å². The van der Waals surface area contributed by atoms with Crippen LogP contribution in [0, 0.1) is 27.0 Å². The molecule has 1 saturated carbocycles. The number of benzene rings is 1. The fourth-order valence-corrected chi connectivity index (χ4v) is 4.17. The molecule has 1 amide bonds. The first-order valence-electron chi connectivity index (χ1n) is 8.52. The van der Waals surface area contributed by atoms with Crippen molar-refractivity contribution in [2.24, 2.45) is 11.8 Å². The Balaban J connectivity index is 1.57. The Kier molecular flexibility index (Phi) is 5.14. The maximum Gasteiger partial charge on any atom is 0.410 e. The van der Waals surface area contributed by atoms with E-state index < -0.39 is 17.2 Å². The van der Waals surface area contributed by atoms with Crippen LogP contribution in [0.1, 0.15) is 33.6 Å². The molecule has 1 aliphatic carbocycles. The first-order valence-corrected chi connectivity index (χ1v) is 9.60. The molecular formula is C18H23F2IN2O2. The van der Waals surface area contributed by atoms with Gasteiger partial charge in [0.1, 0.15) is 5.60 Å². The molecule has 0 bridgehead atoms. The summed E-state index contributed by atoms with van der Waals surface area (Å²) in [6.45, 7) is 6.91. The van der Waals surface area contributed by atoms with E-state index >= 15 is 0 Å². The number of hydrogen-bond acceptors (Lipinski definition) is 3. The van der Waals surface area contributed by atoms with E-state index in [2.05, 4.69) is 5.32 Å². The summed E-state index contributed by atoms with van der Waals surface area (Å²) in [7, 11) is 0. The van der Waals surface area contributed by atoms with Crippen molar-refractivity contribution in [3.8, 4) is 0 Å². The van der Waals surface area contributed by atoms with E-state index in [0.29, 0.717) is 24.9 Å². The second kappa shape index (κ2) is 6.89. The van der Waals surface area contributed by atoms with Gasteiger partial charge in [0, 0.05) is 19.1 Å². The number of nitrogens with zero attached hydrogens (tertiary/aromatic N) is 1. The minimum absolute atomic E-state index is 0.102. The second-order valence-electron chi connectivity index (χ2n) is 7.94. The summed E-state index contributed by atoms with van der Waals surface area (Å²) in [5.74, 6) is -0.872. The van der Waals surface area contributed by atoms with E-state index in [-0.39, 0.29) is 21.4 Å². The van der Waals surface area contributed by atoms with E-state index in [1.165, 1.54) is 0 Å². The average Bonchev–Trinajstić information content (AvgIpc) is 3.04. The van der Waals surface area contributed by atoms with Crippen LogP contribution in [-0.4, -0.2) is 35.7 Å². The van der Waals surface area contributed by atoms with Gasteiger partial charge < -0.3 is 15.0 Å². The van der Waals surface area contributed by atoms with Crippen LogP contribution >= 0.6 is 22.6 Å². The number of nitrogens with one attached hydrogen (secondary N) is 1. The van der Waals surface area contributed by atoms with E-state index in [1.807, 2.05) is 20.8 Å². The highest BCUT2D eigenvalue weighted by Crippen LogP contribution is 2.40. The van der Waals surface area contributed by atoms with Crippen molar-refractivity contribution in [2.45, 2.75) is 45.3 Å². The molecular weight excluding hydrogens is 441 g/mol. The molecule has 2 fully saturated rings. The Morgan fingerprint density at radius 2 is 1.80 bits per heavy atom. The van der Waals surface area contributed by atoms with Gasteiger partial charge in [-0.3, -0.25) is 0 Å². The number of fused-ring (bicyclic) bond motifs is 1. The number of rotatable bonds is 2. The van der Waals surface area contributed by atoms with Crippen molar-refractivity contribution < 1.29 is 18.3 Å². The van der Waals surface area contributed by atoms with E-state index in [0.717, 1.165) is 12.8 Å². The third-order valence-electron chi connectivity index (χ3n) is 4.80. The van der Waals surface area contributed by atoms with Gasteiger partial charge in [-0.25, -0.2) is 13.6 Å². The number of carbonyl (C=O) groups is 1. The highest BCUT2D eigenvalue weighted by molar-refractivity contribution is 14.1. The minimum Gasteiger partial charge on any atom is -0.444 e. The fourth-order valence-electron chi connectivity index (χ4n) is 3.75. The standard InChI is InChI=1S/C18H23F2IN2O2/c1-18(2,3)25-17(24)23-8-10-6-12(7-11(10)9-23)22-14-5-4-13(21)15(19)16(14)20/h4-5,10-12,22H,6-9H2,1-3H3/t10-,11?,12?/m1/s1. The fraction of sp³-hybridized carbons (Fsp3) is 0.611. The molecule has 1 saturated heterocycles. The Labute approximate surface area is 160 Å². The molecule has 3 atom stereocenters. The molecule has 1 heterocycles. The van der Waals surface area contributed by atoms with Crippen LogP contribution in [-0.2, 0) is 4.74 Å². The predicted octanol–water partition coefficient (Wildman–Crippen LogP) is 4.63. The molecule has 1 aromatic carbocycles. The summed E-state index contributed by atoms with van der Waals surface area (Å²) >= 11 is 1.78. The molecule has 3 rings (SSSR count). The SMILES string of the molecule is CC(C)(C)OC(=O)N1CC2CC(Nc3ccc(I)c(F)c3F)C[C@@H]2C1. The monoisotopic (exact) mass is 464 g/mol. The molecule has 0 spiro atoms. The van der Waals surface area contributed by atoms with Crippen molar-refractivity contribution in [3.63, 3.8) is 0 Å². The minimum atomic E-state index is -0.820. The van der Waals surface area contributed by atoms with Gasteiger partial charge in [-0.05, 0) is 80.2 Å². The van der Waals surface area contributed by atoms with Crippen molar-refractivity contribution >= 4 is 34.4 Å². The zero-order chi connectivity index (χ0) is 18.4. The van der Waals surface area contributed by atoms with Crippen molar-refractivity contribution in [3.05, 3.63) is 27.3 Å². The van der Waals surface area contributed by atoms with Gasteiger partial charge in [-0.2, -0.15) is 0 Å². The molecule has 0 aromatic heterocycles. The van der Waals surface area contributed by atoms with E-state index in [1.54, 1.807) is 39.6 Å². The third kappa shape index (κ3) is 4.17. The van der Waals surface area contributed by atoms with Crippen LogP contribution in [0.15, 0.2) is 12.1 Å². The van der Waals surface area contributed by atoms with Crippen LogP contribution in [0.5, 0.6) is 0 Å². The molecule has 1 aliphatic heterocycles. The number of ether oxygens (including phenoxy) is 1. The van der Waals surface area contributed by atoms with Gasteiger partial charge in [-0.1, -0.05) is 0 Å². The van der Waals surface area contributed by atoms with E-state index in [9.17, 15) is 13.6 Å². The van der Waals surface area contributed by atoms with Crippen LogP contribution in [0.3, 0.4) is 0 Å². The normalized spacial score (nSPS) is 25.8. The number of carbonyl (C=O) groups excluding carboxylic acids is 1. The number of likely N-dealkylation sites (tertiary alicyclic amines) is 1. The Hall–Kier alpha value is -1.12. The van der Waals surface area contributed by atoms with Crippen molar-refractivity contribution in [1.82, 2.24) is 4.90 Å². The molecule has 4 nitrogen and oxygen atoms in total. The summed E-state index contributed by atoms with van der Waals surface area (Å²) in [6.07, 6.45) is 1.42. The van der Waals surface area contributed by atoms with Gasteiger partial charge in [0.25, 0.3) is 0 Å². The molecule has 7 heteroatoms. The summed E-state index contributed by atoms with van der Waals surface area (Å²) in [5, 5.41) is 3.14. The third-order valence-corrected chi connectivity index (χ3v) is 5.63. The number of anilines is 1. The maximum atomic E-state index is 14.0. The highest BCUT2D eigenvalue weighted by Gasteiger charge is 2.43. The van der Waals surface area contributed by atoms with Crippen LogP contribution in [0.2, 0.25) is 0 Å². The highest BCUT2D eigenvalue weighted by atomic mass is 127. The lowest BCUT2D eigenvalue weighted by Gasteiger charge is -2.25. The molecule has 1 N–H and O–H groups in total. The molecule has 0 radical (unpaired) electrons. The van der Waals surface area contributed by atoms with Crippen molar-refractivity contribution in [1.29, 1.82) is 0 Å². The smallest absolute Gasteiger partial charge is 0.410 e. The lowest BCUT2D eigenvalue weighted by atomic mass is 10.0. The molecule has 2 unspecified atom stereocenters. The van der Waals surface area contributed by atoms with Crippen LogP contribution in [0.25, 0.3) is 0 Å². The lowest BCUT2D eigenvalue weighted by molar-refractivity contribution is 0.0280. The summed E-state index contributed by atoms with van der Waals surface area (Å²) in [4.78, 5) is 13.9. The predicted molar refractivity (Wildman–Crippen MR) is 101 cm³/mol. The number of halogens is 3. The zero-order valence-electron chi connectivity index (χ0n) is 14.6.